The molecule has 0 aliphatic carbocycles. The average Bonchev–Trinajstić information content (AvgIpc) is 3.18. The second-order valence-corrected chi connectivity index (χ2v) is 13.2. The number of carbonyl (C=O) groups is 1. The van der Waals surface area contributed by atoms with Crippen molar-refractivity contribution in [3.8, 4) is 0 Å². The Morgan fingerprint density at radius 2 is 1.74 bits per heavy atom. The van der Waals surface area contributed by atoms with E-state index in [1.165, 1.54) is 6.92 Å². The number of nitrogens with zero attached hydrogens (tertiary/aromatic N) is 1. The molecule has 10 nitrogen and oxygen atoms in total. The lowest BCUT2D eigenvalue weighted by Crippen LogP contribution is -2.58. The Kier molecular flexibility index (Phi) is 10.2. The molecule has 3 fully saturated rings. The molecule has 5 unspecified atom stereocenters. The molecule has 3 aliphatic rings. The summed E-state index contributed by atoms with van der Waals surface area (Å²) >= 11 is 0. The summed E-state index contributed by atoms with van der Waals surface area (Å²) in [7, 11) is 3.82. The highest BCUT2D eigenvalue weighted by molar-refractivity contribution is 5.73. The Morgan fingerprint density at radius 3 is 2.31 bits per heavy atom. The van der Waals surface area contributed by atoms with Crippen LogP contribution in [0.1, 0.15) is 74.7 Å². The van der Waals surface area contributed by atoms with Crippen molar-refractivity contribution in [2.45, 2.75) is 141 Å². The molecule has 0 radical (unpaired) electrons. The van der Waals surface area contributed by atoms with E-state index in [0.29, 0.717) is 12.8 Å². The number of cyclic esters (lactones) is 1. The monoisotopic (exact) mass is 559 g/mol. The molecule has 0 aromatic carbocycles. The van der Waals surface area contributed by atoms with E-state index in [-0.39, 0.29) is 24.5 Å². The van der Waals surface area contributed by atoms with E-state index < -0.39 is 77.8 Å². The fourth-order valence-electron chi connectivity index (χ4n) is 7.20. The predicted octanol–water partition coefficient (Wildman–Crippen LogP) is 1.70. The van der Waals surface area contributed by atoms with E-state index in [4.69, 9.17) is 18.9 Å². The van der Waals surface area contributed by atoms with Crippen LogP contribution in [-0.2, 0) is 23.7 Å². The van der Waals surface area contributed by atoms with Crippen LogP contribution in [0, 0.1) is 23.7 Å². The van der Waals surface area contributed by atoms with Crippen molar-refractivity contribution >= 4 is 5.97 Å². The van der Waals surface area contributed by atoms with Crippen molar-refractivity contribution in [3.63, 3.8) is 0 Å². The number of ether oxygens (including phenoxy) is 4. The van der Waals surface area contributed by atoms with Crippen LogP contribution in [-0.4, -0.2) is 112 Å². The van der Waals surface area contributed by atoms with Gasteiger partial charge in [-0.1, -0.05) is 27.7 Å². The molecule has 3 heterocycles. The van der Waals surface area contributed by atoms with Crippen LogP contribution in [0.4, 0.5) is 0 Å². The second kappa shape index (κ2) is 12.2. The van der Waals surface area contributed by atoms with E-state index >= 15 is 0 Å². The van der Waals surface area contributed by atoms with Crippen molar-refractivity contribution in [1.29, 1.82) is 0 Å². The number of rotatable bonds is 6. The number of aliphatic hydroxyl groups excluding tert-OH is 3. The summed E-state index contributed by atoms with van der Waals surface area (Å²) in [5.41, 5.74) is -2.63. The molecule has 3 aliphatic heterocycles. The third-order valence-electron chi connectivity index (χ3n) is 9.63. The molecule has 2 bridgehead atoms. The third kappa shape index (κ3) is 6.33. The van der Waals surface area contributed by atoms with Crippen LogP contribution in [0.25, 0.3) is 0 Å². The quantitative estimate of drug-likeness (QED) is 0.356. The molecule has 39 heavy (non-hydrogen) atoms. The summed E-state index contributed by atoms with van der Waals surface area (Å²) in [4.78, 5) is 15.3. The third-order valence-corrected chi connectivity index (χ3v) is 9.63. The summed E-state index contributed by atoms with van der Waals surface area (Å²) in [6.07, 6.45) is -5.06. The number of hydrogen-bond acceptors (Lipinski definition) is 10. The zero-order valence-electron chi connectivity index (χ0n) is 25.4. The number of likely N-dealkylation sites (N-methyl/N-ethyl adjacent to an activating group) is 1. The lowest BCUT2D eigenvalue weighted by atomic mass is 9.76. The molecule has 0 aromatic heterocycles. The van der Waals surface area contributed by atoms with E-state index in [2.05, 4.69) is 0 Å². The van der Waals surface area contributed by atoms with Crippen LogP contribution < -0.4 is 0 Å². The first kappa shape index (κ1) is 32.7. The molecule has 0 amide bonds. The van der Waals surface area contributed by atoms with E-state index in [1.54, 1.807) is 13.8 Å². The fraction of sp³-hybridized carbons (Fsp3) is 0.966. The van der Waals surface area contributed by atoms with Crippen molar-refractivity contribution in [2.75, 3.05) is 14.1 Å². The molecule has 228 valence electrons. The van der Waals surface area contributed by atoms with Gasteiger partial charge in [0.15, 0.2) is 6.29 Å². The molecule has 3 saturated heterocycles. The number of fused-ring (bicyclic) bond motifs is 2. The number of esters is 1. The zero-order chi connectivity index (χ0) is 29.6. The maximum absolute atomic E-state index is 13.4. The topological polar surface area (TPSA) is 138 Å². The minimum Gasteiger partial charge on any atom is -0.459 e. The Bertz CT molecular complexity index is 840. The van der Waals surface area contributed by atoms with E-state index in [0.717, 1.165) is 0 Å². The van der Waals surface area contributed by atoms with Gasteiger partial charge in [0.05, 0.1) is 42.0 Å². The number of carbonyl (C=O) groups excluding carboxylic acids is 1. The van der Waals surface area contributed by atoms with Gasteiger partial charge in [0.1, 0.15) is 17.8 Å². The van der Waals surface area contributed by atoms with Crippen LogP contribution in [0.5, 0.6) is 0 Å². The standard InChI is InChI=1S/C29H53NO9/c1-11-20(31)29(8,35)25-18(6)23-14(2)13-28(7,39-23)24(16(4)21(32)17(5)26(34)37-25)38-27-22(33)19(30(9)10)12-15(3)36-27/h14-25,27,31-33,35H,11-13H2,1-10H3/t14?,15?,16-,17+,18-,19?,20+,21-,22?,23?,24+,25+,27-,28+,29+/m0/s1. The molecule has 0 aromatic rings. The summed E-state index contributed by atoms with van der Waals surface area (Å²) in [6.45, 7) is 14.4. The molecule has 10 heteroatoms. The van der Waals surface area contributed by atoms with Crippen LogP contribution >= 0.6 is 0 Å². The van der Waals surface area contributed by atoms with Crippen LogP contribution in [0.2, 0.25) is 0 Å². The average molecular weight is 560 g/mol. The Balaban J connectivity index is 2.04. The molecule has 0 saturated carbocycles. The Morgan fingerprint density at radius 1 is 1.13 bits per heavy atom. The number of aliphatic hydroxyl groups is 4. The van der Waals surface area contributed by atoms with E-state index in [9.17, 15) is 25.2 Å². The highest BCUT2D eigenvalue weighted by atomic mass is 16.7. The highest BCUT2D eigenvalue weighted by Crippen LogP contribution is 2.47. The SMILES string of the molecule is CC[C@@H](O)[C@@](C)(O)[C@@H]1OC(=O)[C@H](C)[C@@H](O)[C@H](C)[C@@H](O[C@@H]2OC(C)CC(N(C)C)C2O)[C@@]2(C)CC(C)C(O2)[C@@H]1C. The maximum atomic E-state index is 13.4. The predicted molar refractivity (Wildman–Crippen MR) is 145 cm³/mol. The largest absolute Gasteiger partial charge is 0.459 e. The first-order chi connectivity index (χ1) is 18.0. The van der Waals surface area contributed by atoms with Gasteiger partial charge in [-0.25, -0.2) is 0 Å². The number of hydrogen-bond donors (Lipinski definition) is 4. The second-order valence-electron chi connectivity index (χ2n) is 13.2. The van der Waals surface area contributed by atoms with Crippen molar-refractivity contribution in [3.05, 3.63) is 0 Å². The lowest BCUT2D eigenvalue weighted by molar-refractivity contribution is -0.301. The smallest absolute Gasteiger partial charge is 0.311 e. The molecule has 4 N–H and O–H groups in total. The fourth-order valence-corrected chi connectivity index (χ4v) is 7.20. The Labute approximate surface area is 233 Å². The van der Waals surface area contributed by atoms with Crippen molar-refractivity contribution in [2.24, 2.45) is 23.7 Å². The molecular weight excluding hydrogens is 506 g/mol. The normalized spacial score (nSPS) is 48.2. The van der Waals surface area contributed by atoms with Gasteiger partial charge in [0, 0.05) is 17.9 Å². The van der Waals surface area contributed by atoms with Gasteiger partial charge in [-0.3, -0.25) is 4.79 Å². The zero-order valence-corrected chi connectivity index (χ0v) is 25.4. The van der Waals surface area contributed by atoms with Crippen molar-refractivity contribution < 1.29 is 44.2 Å². The van der Waals surface area contributed by atoms with E-state index in [1.807, 2.05) is 53.6 Å². The Hall–Kier alpha value is -0.850. The summed E-state index contributed by atoms with van der Waals surface area (Å²) < 4.78 is 25.3. The van der Waals surface area contributed by atoms with Crippen molar-refractivity contribution in [1.82, 2.24) is 4.90 Å². The minimum atomic E-state index is -1.73. The van der Waals surface area contributed by atoms with Gasteiger partial charge in [-0.15, -0.1) is 0 Å². The molecule has 0 spiro atoms. The summed E-state index contributed by atoms with van der Waals surface area (Å²) in [5.74, 6) is -2.70. The van der Waals surface area contributed by atoms with Crippen LogP contribution in [0.15, 0.2) is 0 Å². The minimum absolute atomic E-state index is 0.0151. The van der Waals surface area contributed by atoms with Crippen LogP contribution in [0.3, 0.4) is 0 Å². The van der Waals surface area contributed by atoms with Gasteiger partial charge < -0.3 is 44.3 Å². The molecular formula is C29H53NO9. The van der Waals surface area contributed by atoms with Gasteiger partial charge in [0.2, 0.25) is 0 Å². The molecule has 3 rings (SSSR count). The lowest BCUT2D eigenvalue weighted by Gasteiger charge is -2.46. The molecule has 15 atom stereocenters. The maximum Gasteiger partial charge on any atom is 0.311 e. The van der Waals surface area contributed by atoms with Gasteiger partial charge in [0.25, 0.3) is 0 Å². The van der Waals surface area contributed by atoms with Gasteiger partial charge >= 0.3 is 5.97 Å². The first-order valence-electron chi connectivity index (χ1n) is 14.6. The first-order valence-corrected chi connectivity index (χ1v) is 14.6. The summed E-state index contributed by atoms with van der Waals surface area (Å²) in [5, 5.41) is 44.7. The van der Waals surface area contributed by atoms with Gasteiger partial charge in [-0.05, 0) is 67.0 Å². The van der Waals surface area contributed by atoms with Gasteiger partial charge in [-0.2, -0.15) is 0 Å². The summed E-state index contributed by atoms with van der Waals surface area (Å²) in [6, 6.07) is -0.174. The highest BCUT2D eigenvalue weighted by Gasteiger charge is 2.57.